The molecule has 4 nitrogen and oxygen atoms in total. The quantitative estimate of drug-likeness (QED) is 0.298. The van der Waals surface area contributed by atoms with Crippen LogP contribution in [-0.2, 0) is 4.74 Å². The smallest absolute Gasteiger partial charge is 0.164 e. The maximum atomic E-state index is 12.3. The summed E-state index contributed by atoms with van der Waals surface area (Å²) < 4.78 is 11.1. The summed E-state index contributed by atoms with van der Waals surface area (Å²) in [4.78, 5) is 14.6. The molecule has 0 spiro atoms. The number of carbonyl (C=O) groups is 1. The van der Waals surface area contributed by atoms with Crippen molar-refractivity contribution in [3.05, 3.63) is 29.8 Å². The van der Waals surface area contributed by atoms with Gasteiger partial charge in [0.2, 0.25) is 0 Å². The molecule has 2 rings (SSSR count). The molecule has 1 aliphatic heterocycles. The fraction of sp³-hybridized carbons (Fsp3) is 0.696. The Bertz CT molecular complexity index is 515. The first-order chi connectivity index (χ1) is 13.3. The van der Waals surface area contributed by atoms with Gasteiger partial charge in [-0.25, -0.2) is 0 Å². The Balaban J connectivity index is 0.00000392. The van der Waals surface area contributed by atoms with E-state index >= 15 is 0 Å². The molecular weight excluding hydrogens is 374 g/mol. The van der Waals surface area contributed by atoms with Crippen LogP contribution >= 0.6 is 12.4 Å². The molecule has 160 valence electrons. The van der Waals surface area contributed by atoms with E-state index in [1.165, 1.54) is 44.9 Å². The van der Waals surface area contributed by atoms with Gasteiger partial charge in [-0.2, -0.15) is 0 Å². The first kappa shape index (κ1) is 24.9. The van der Waals surface area contributed by atoms with Gasteiger partial charge in [0.1, 0.15) is 5.75 Å². The number of rotatable bonds is 14. The highest BCUT2D eigenvalue weighted by Crippen LogP contribution is 2.15. The van der Waals surface area contributed by atoms with Crippen LogP contribution in [0.1, 0.15) is 75.1 Å². The maximum Gasteiger partial charge on any atom is 0.164 e. The molecule has 1 aromatic rings. The molecule has 0 atom stereocenters. The van der Waals surface area contributed by atoms with Crippen molar-refractivity contribution >= 4 is 18.2 Å². The molecule has 0 radical (unpaired) electrons. The molecule has 0 unspecified atom stereocenters. The van der Waals surface area contributed by atoms with Crippen LogP contribution in [-0.4, -0.2) is 50.1 Å². The average molecular weight is 412 g/mol. The van der Waals surface area contributed by atoms with Crippen molar-refractivity contribution in [2.45, 2.75) is 64.7 Å². The van der Waals surface area contributed by atoms with E-state index in [4.69, 9.17) is 9.47 Å². The standard InChI is InChI=1S/C23H37NO3.ClH/c1-2-3-4-5-6-7-8-9-18-27-22-12-10-21(11-13-22)23(25)14-15-24-16-19-26-20-17-24;/h10-13H,2-9,14-20H2,1H3;1H. The zero-order chi connectivity index (χ0) is 19.2. The van der Waals surface area contributed by atoms with Gasteiger partial charge < -0.3 is 9.47 Å². The first-order valence-electron chi connectivity index (χ1n) is 10.9. The third kappa shape index (κ3) is 10.4. The fourth-order valence-electron chi connectivity index (χ4n) is 3.39. The van der Waals surface area contributed by atoms with Gasteiger partial charge in [-0.15, -0.1) is 12.4 Å². The molecule has 5 heteroatoms. The number of carbonyl (C=O) groups excluding carboxylic acids is 1. The van der Waals surface area contributed by atoms with Gasteiger partial charge in [0, 0.05) is 31.6 Å². The molecule has 0 N–H and O–H groups in total. The van der Waals surface area contributed by atoms with Gasteiger partial charge in [0.05, 0.1) is 19.8 Å². The van der Waals surface area contributed by atoms with Crippen molar-refractivity contribution in [1.29, 1.82) is 0 Å². The highest BCUT2D eigenvalue weighted by atomic mass is 35.5. The maximum absolute atomic E-state index is 12.3. The van der Waals surface area contributed by atoms with E-state index in [-0.39, 0.29) is 18.2 Å². The average Bonchev–Trinajstić information content (AvgIpc) is 2.72. The molecule has 28 heavy (non-hydrogen) atoms. The van der Waals surface area contributed by atoms with Crippen LogP contribution in [0.5, 0.6) is 5.75 Å². The van der Waals surface area contributed by atoms with Crippen molar-refractivity contribution in [3.63, 3.8) is 0 Å². The first-order valence-corrected chi connectivity index (χ1v) is 10.9. The highest BCUT2D eigenvalue weighted by Gasteiger charge is 2.13. The Morgan fingerprint density at radius 2 is 1.57 bits per heavy atom. The van der Waals surface area contributed by atoms with Crippen molar-refractivity contribution in [3.8, 4) is 5.75 Å². The van der Waals surface area contributed by atoms with Gasteiger partial charge in [-0.3, -0.25) is 9.69 Å². The summed E-state index contributed by atoms with van der Waals surface area (Å²) in [5.74, 6) is 1.07. The van der Waals surface area contributed by atoms with Gasteiger partial charge >= 0.3 is 0 Å². The van der Waals surface area contributed by atoms with Crippen LogP contribution in [0.3, 0.4) is 0 Å². The number of ether oxygens (including phenoxy) is 2. The van der Waals surface area contributed by atoms with Crippen LogP contribution in [0.25, 0.3) is 0 Å². The van der Waals surface area contributed by atoms with Crippen LogP contribution in [0.2, 0.25) is 0 Å². The lowest BCUT2D eigenvalue weighted by atomic mass is 10.1. The largest absolute Gasteiger partial charge is 0.494 e. The summed E-state index contributed by atoms with van der Waals surface area (Å²) in [6, 6.07) is 7.63. The fourth-order valence-corrected chi connectivity index (χ4v) is 3.39. The van der Waals surface area contributed by atoms with Crippen LogP contribution in [0, 0.1) is 0 Å². The minimum Gasteiger partial charge on any atom is -0.494 e. The normalized spacial score (nSPS) is 14.5. The molecule has 0 amide bonds. The van der Waals surface area contributed by atoms with E-state index < -0.39 is 0 Å². The Morgan fingerprint density at radius 3 is 2.21 bits per heavy atom. The SMILES string of the molecule is CCCCCCCCCCOc1ccc(C(=O)CCN2CCOCC2)cc1.Cl. The lowest BCUT2D eigenvalue weighted by Gasteiger charge is -2.26. The number of nitrogens with zero attached hydrogens (tertiary/aromatic N) is 1. The van der Waals surface area contributed by atoms with E-state index in [9.17, 15) is 4.79 Å². The molecule has 0 aromatic heterocycles. The zero-order valence-electron chi connectivity index (χ0n) is 17.5. The number of unbranched alkanes of at least 4 members (excludes halogenated alkanes) is 7. The second kappa shape index (κ2) is 15.8. The third-order valence-corrected chi connectivity index (χ3v) is 5.20. The molecule has 0 aliphatic carbocycles. The number of benzene rings is 1. The molecule has 0 saturated carbocycles. The van der Waals surface area contributed by atoms with Crippen LogP contribution < -0.4 is 4.74 Å². The summed E-state index contributed by atoms with van der Waals surface area (Å²) in [5, 5.41) is 0. The second-order valence-corrected chi connectivity index (χ2v) is 7.47. The lowest BCUT2D eigenvalue weighted by molar-refractivity contribution is 0.0370. The molecule has 0 bridgehead atoms. The molecule has 1 heterocycles. The minimum absolute atomic E-state index is 0. The number of ketones is 1. The second-order valence-electron chi connectivity index (χ2n) is 7.47. The summed E-state index contributed by atoms with van der Waals surface area (Å²) in [6.07, 6.45) is 11.0. The minimum atomic E-state index is 0. The molecular formula is C23H38ClNO3. The summed E-state index contributed by atoms with van der Waals surface area (Å²) >= 11 is 0. The molecule has 1 aromatic carbocycles. The number of hydrogen-bond donors (Lipinski definition) is 0. The topological polar surface area (TPSA) is 38.8 Å². The summed E-state index contributed by atoms with van der Waals surface area (Å²) in [5.41, 5.74) is 0.780. The van der Waals surface area contributed by atoms with E-state index in [2.05, 4.69) is 11.8 Å². The van der Waals surface area contributed by atoms with E-state index in [1.54, 1.807) is 0 Å². The van der Waals surface area contributed by atoms with E-state index in [0.29, 0.717) is 6.42 Å². The molecule has 1 fully saturated rings. The Morgan fingerprint density at radius 1 is 0.964 bits per heavy atom. The van der Waals surface area contributed by atoms with Crippen molar-refractivity contribution < 1.29 is 14.3 Å². The molecule has 1 saturated heterocycles. The Kier molecular flexibility index (Phi) is 14.1. The van der Waals surface area contributed by atoms with Crippen LogP contribution in [0.15, 0.2) is 24.3 Å². The van der Waals surface area contributed by atoms with Crippen LogP contribution in [0.4, 0.5) is 0 Å². The summed E-state index contributed by atoms with van der Waals surface area (Å²) in [6.45, 7) is 7.25. The number of morpholine rings is 1. The number of Topliss-reactive ketones (excluding diaryl/α,β-unsaturated/α-hetero) is 1. The number of halogens is 1. The van der Waals surface area contributed by atoms with E-state index in [0.717, 1.165) is 57.2 Å². The summed E-state index contributed by atoms with van der Waals surface area (Å²) in [7, 11) is 0. The predicted octanol–water partition coefficient (Wildman–Crippen LogP) is 5.53. The van der Waals surface area contributed by atoms with Crippen molar-refractivity contribution in [1.82, 2.24) is 4.90 Å². The monoisotopic (exact) mass is 411 g/mol. The van der Waals surface area contributed by atoms with Crippen molar-refractivity contribution in [2.75, 3.05) is 39.5 Å². The van der Waals surface area contributed by atoms with Crippen molar-refractivity contribution in [2.24, 2.45) is 0 Å². The van der Waals surface area contributed by atoms with Gasteiger partial charge in [-0.05, 0) is 30.7 Å². The third-order valence-electron chi connectivity index (χ3n) is 5.20. The lowest BCUT2D eigenvalue weighted by Crippen LogP contribution is -2.37. The molecule has 1 aliphatic rings. The Labute approximate surface area is 177 Å². The van der Waals surface area contributed by atoms with Gasteiger partial charge in [0.15, 0.2) is 5.78 Å². The van der Waals surface area contributed by atoms with Gasteiger partial charge in [-0.1, -0.05) is 51.9 Å². The zero-order valence-corrected chi connectivity index (χ0v) is 18.3. The van der Waals surface area contributed by atoms with Gasteiger partial charge in [0.25, 0.3) is 0 Å². The Hall–Kier alpha value is -1.10. The predicted molar refractivity (Wildman–Crippen MR) is 118 cm³/mol. The number of hydrogen-bond acceptors (Lipinski definition) is 4. The highest BCUT2D eigenvalue weighted by molar-refractivity contribution is 5.96. The van der Waals surface area contributed by atoms with E-state index in [1.807, 2.05) is 24.3 Å².